The van der Waals surface area contributed by atoms with Crippen LogP contribution in [0.25, 0.3) is 10.2 Å². The summed E-state index contributed by atoms with van der Waals surface area (Å²) in [6.45, 7) is 3.60. The molecule has 2 aromatic heterocycles. The maximum atomic E-state index is 12.4. The van der Waals surface area contributed by atoms with E-state index in [4.69, 9.17) is 4.74 Å². The monoisotopic (exact) mass is 354 g/mol. The van der Waals surface area contributed by atoms with Crippen molar-refractivity contribution in [1.82, 2.24) is 15.3 Å². The fourth-order valence-electron chi connectivity index (χ4n) is 2.72. The van der Waals surface area contributed by atoms with E-state index < -0.39 is 0 Å². The van der Waals surface area contributed by atoms with Gasteiger partial charge in [-0.15, -0.1) is 0 Å². The Morgan fingerprint density at radius 2 is 2.12 bits per heavy atom. The molecule has 0 spiro atoms. The van der Waals surface area contributed by atoms with Crippen LogP contribution in [0.1, 0.15) is 16.1 Å². The van der Waals surface area contributed by atoms with Crippen molar-refractivity contribution in [3.63, 3.8) is 0 Å². The Hall–Kier alpha value is -2.51. The summed E-state index contributed by atoms with van der Waals surface area (Å²) >= 11 is 1.62. The molecular formula is C18H18N4O2S. The largest absolute Gasteiger partial charge is 0.378 e. The van der Waals surface area contributed by atoms with Crippen LogP contribution in [0, 0.1) is 0 Å². The van der Waals surface area contributed by atoms with E-state index in [2.05, 4.69) is 20.2 Å². The highest BCUT2D eigenvalue weighted by Crippen LogP contribution is 2.30. The molecule has 0 unspecified atom stereocenters. The molecule has 1 fully saturated rings. The molecule has 1 N–H and O–H groups in total. The van der Waals surface area contributed by atoms with Crippen LogP contribution in [-0.2, 0) is 11.3 Å². The minimum absolute atomic E-state index is 0.103. The zero-order valence-corrected chi connectivity index (χ0v) is 14.5. The first-order valence-electron chi connectivity index (χ1n) is 8.21. The zero-order chi connectivity index (χ0) is 17.1. The number of anilines is 1. The van der Waals surface area contributed by atoms with Gasteiger partial charge in [0.2, 0.25) is 0 Å². The Labute approximate surface area is 149 Å². The summed E-state index contributed by atoms with van der Waals surface area (Å²) in [4.78, 5) is 23.5. The molecule has 128 valence electrons. The number of morpholine rings is 1. The lowest BCUT2D eigenvalue weighted by Gasteiger charge is -2.25. The van der Waals surface area contributed by atoms with E-state index in [1.807, 2.05) is 36.4 Å². The molecule has 1 aromatic carbocycles. The van der Waals surface area contributed by atoms with Crippen molar-refractivity contribution in [2.45, 2.75) is 6.54 Å². The van der Waals surface area contributed by atoms with Crippen LogP contribution in [-0.4, -0.2) is 42.2 Å². The summed E-state index contributed by atoms with van der Waals surface area (Å²) in [6.07, 6.45) is 1.72. The standard InChI is InChI=1S/C18H18N4O2S/c23-17(20-12-14-3-1-2-6-19-14)13-4-5-15-16(11-13)25-18(21-15)22-7-9-24-10-8-22/h1-6,11H,7-10,12H2,(H,20,23). The number of ether oxygens (including phenoxy) is 1. The van der Waals surface area contributed by atoms with Gasteiger partial charge in [-0.25, -0.2) is 4.98 Å². The molecule has 3 heterocycles. The van der Waals surface area contributed by atoms with E-state index in [0.717, 1.165) is 47.3 Å². The molecular weight excluding hydrogens is 336 g/mol. The second-order valence-corrected chi connectivity index (χ2v) is 6.79. The SMILES string of the molecule is O=C(NCc1ccccn1)c1ccc2nc(N3CCOCC3)sc2c1. The number of hydrogen-bond acceptors (Lipinski definition) is 6. The Balaban J connectivity index is 1.49. The van der Waals surface area contributed by atoms with Gasteiger partial charge < -0.3 is 15.0 Å². The number of hydrogen-bond donors (Lipinski definition) is 1. The number of aromatic nitrogens is 2. The second-order valence-electron chi connectivity index (χ2n) is 5.78. The molecule has 25 heavy (non-hydrogen) atoms. The molecule has 0 bridgehead atoms. The van der Waals surface area contributed by atoms with Gasteiger partial charge in [0, 0.05) is 24.8 Å². The summed E-state index contributed by atoms with van der Waals surface area (Å²) in [6, 6.07) is 11.3. The summed E-state index contributed by atoms with van der Waals surface area (Å²) < 4.78 is 6.41. The minimum Gasteiger partial charge on any atom is -0.378 e. The quantitative estimate of drug-likeness (QED) is 0.779. The lowest BCUT2D eigenvalue weighted by molar-refractivity contribution is 0.0950. The van der Waals surface area contributed by atoms with Crippen molar-refractivity contribution in [3.8, 4) is 0 Å². The van der Waals surface area contributed by atoms with Crippen molar-refractivity contribution in [3.05, 3.63) is 53.9 Å². The van der Waals surface area contributed by atoms with Gasteiger partial charge in [0.25, 0.3) is 5.91 Å². The molecule has 1 aliphatic heterocycles. The van der Waals surface area contributed by atoms with Crippen LogP contribution in [0.15, 0.2) is 42.6 Å². The first kappa shape index (κ1) is 16.0. The van der Waals surface area contributed by atoms with E-state index in [-0.39, 0.29) is 5.91 Å². The number of carbonyl (C=O) groups excluding carboxylic acids is 1. The zero-order valence-electron chi connectivity index (χ0n) is 13.6. The van der Waals surface area contributed by atoms with Crippen molar-refractivity contribution in [2.24, 2.45) is 0 Å². The normalized spacial score (nSPS) is 14.6. The van der Waals surface area contributed by atoms with Gasteiger partial charge in [0.15, 0.2) is 5.13 Å². The number of nitrogens with zero attached hydrogens (tertiary/aromatic N) is 3. The Kier molecular flexibility index (Phi) is 4.58. The third-order valence-electron chi connectivity index (χ3n) is 4.08. The summed E-state index contributed by atoms with van der Waals surface area (Å²) in [5.74, 6) is -0.103. The molecule has 3 aromatic rings. The molecule has 0 radical (unpaired) electrons. The molecule has 1 amide bonds. The van der Waals surface area contributed by atoms with Crippen LogP contribution in [0.3, 0.4) is 0 Å². The van der Waals surface area contributed by atoms with Crippen molar-refractivity contribution < 1.29 is 9.53 Å². The first-order chi connectivity index (χ1) is 12.3. The topological polar surface area (TPSA) is 67.4 Å². The van der Waals surface area contributed by atoms with Crippen LogP contribution in [0.5, 0.6) is 0 Å². The molecule has 1 saturated heterocycles. The molecule has 7 heteroatoms. The van der Waals surface area contributed by atoms with Crippen LogP contribution < -0.4 is 10.2 Å². The minimum atomic E-state index is -0.103. The van der Waals surface area contributed by atoms with Gasteiger partial charge in [-0.05, 0) is 30.3 Å². The molecule has 0 atom stereocenters. The van der Waals surface area contributed by atoms with Crippen LogP contribution >= 0.6 is 11.3 Å². The number of amides is 1. The molecule has 6 nitrogen and oxygen atoms in total. The van der Waals surface area contributed by atoms with Gasteiger partial charge in [-0.2, -0.15) is 0 Å². The van der Waals surface area contributed by atoms with E-state index >= 15 is 0 Å². The Morgan fingerprint density at radius 3 is 2.92 bits per heavy atom. The van der Waals surface area contributed by atoms with Gasteiger partial charge >= 0.3 is 0 Å². The Morgan fingerprint density at radius 1 is 1.24 bits per heavy atom. The number of rotatable bonds is 4. The van der Waals surface area contributed by atoms with Crippen molar-refractivity contribution in [2.75, 3.05) is 31.2 Å². The number of nitrogens with one attached hydrogen (secondary N) is 1. The highest BCUT2D eigenvalue weighted by molar-refractivity contribution is 7.22. The fourth-order valence-corrected chi connectivity index (χ4v) is 3.78. The average molecular weight is 354 g/mol. The highest BCUT2D eigenvalue weighted by atomic mass is 32.1. The molecule has 4 rings (SSSR count). The maximum Gasteiger partial charge on any atom is 0.251 e. The third-order valence-corrected chi connectivity index (χ3v) is 5.16. The molecule has 0 saturated carbocycles. The third kappa shape index (κ3) is 3.62. The van der Waals surface area contributed by atoms with Gasteiger partial charge in [-0.1, -0.05) is 17.4 Å². The number of benzene rings is 1. The number of carbonyl (C=O) groups is 1. The smallest absolute Gasteiger partial charge is 0.251 e. The van der Waals surface area contributed by atoms with Crippen molar-refractivity contribution >= 4 is 32.6 Å². The molecule has 0 aliphatic carbocycles. The summed E-state index contributed by atoms with van der Waals surface area (Å²) in [7, 11) is 0. The van der Waals surface area contributed by atoms with E-state index in [1.54, 1.807) is 17.5 Å². The van der Waals surface area contributed by atoms with E-state index in [9.17, 15) is 4.79 Å². The van der Waals surface area contributed by atoms with E-state index in [0.29, 0.717) is 12.1 Å². The van der Waals surface area contributed by atoms with Gasteiger partial charge in [-0.3, -0.25) is 9.78 Å². The average Bonchev–Trinajstić information content (AvgIpc) is 3.11. The lowest BCUT2D eigenvalue weighted by Crippen LogP contribution is -2.36. The predicted octanol–water partition coefficient (Wildman–Crippen LogP) is 2.46. The maximum absolute atomic E-state index is 12.4. The highest BCUT2D eigenvalue weighted by Gasteiger charge is 2.16. The number of thiazole rings is 1. The van der Waals surface area contributed by atoms with Gasteiger partial charge in [0.1, 0.15) is 0 Å². The lowest BCUT2D eigenvalue weighted by atomic mass is 10.2. The number of fused-ring (bicyclic) bond motifs is 1. The van der Waals surface area contributed by atoms with Crippen LogP contribution in [0.4, 0.5) is 5.13 Å². The fraction of sp³-hybridized carbons (Fsp3) is 0.278. The second kappa shape index (κ2) is 7.16. The summed E-state index contributed by atoms with van der Waals surface area (Å²) in [5.41, 5.74) is 2.40. The van der Waals surface area contributed by atoms with Crippen LogP contribution in [0.2, 0.25) is 0 Å². The van der Waals surface area contributed by atoms with Crippen molar-refractivity contribution in [1.29, 1.82) is 0 Å². The van der Waals surface area contributed by atoms with E-state index in [1.165, 1.54) is 0 Å². The summed E-state index contributed by atoms with van der Waals surface area (Å²) in [5, 5.41) is 3.90. The van der Waals surface area contributed by atoms with Gasteiger partial charge in [0.05, 0.1) is 35.7 Å². The number of pyridine rings is 1. The molecule has 1 aliphatic rings. The predicted molar refractivity (Wildman–Crippen MR) is 98.1 cm³/mol. The first-order valence-corrected chi connectivity index (χ1v) is 9.03. The Bertz CT molecular complexity index is 875.